The van der Waals surface area contributed by atoms with Gasteiger partial charge in [0.15, 0.2) is 0 Å². The highest BCUT2D eigenvalue weighted by Crippen LogP contribution is 2.14. The molecule has 0 bridgehead atoms. The van der Waals surface area contributed by atoms with E-state index in [1.54, 1.807) is 0 Å². The number of rotatable bonds is 19. The van der Waals surface area contributed by atoms with Gasteiger partial charge in [-0.15, -0.1) is 0 Å². The van der Waals surface area contributed by atoms with Crippen molar-refractivity contribution in [3.05, 3.63) is 0 Å². The van der Waals surface area contributed by atoms with Crippen LogP contribution in [0.1, 0.15) is 96.8 Å². The van der Waals surface area contributed by atoms with Gasteiger partial charge in [0.25, 0.3) is 0 Å². The minimum Gasteiger partial charge on any atom is -0.480 e. The van der Waals surface area contributed by atoms with Crippen LogP contribution in [0.15, 0.2) is 0 Å². The number of hydrogen-bond acceptors (Lipinski definition) is 3. The van der Waals surface area contributed by atoms with Gasteiger partial charge in [0.1, 0.15) is 6.04 Å². The van der Waals surface area contributed by atoms with Crippen molar-refractivity contribution in [1.82, 2.24) is 5.09 Å². The van der Waals surface area contributed by atoms with E-state index < -0.39 is 12.0 Å². The first-order valence-corrected chi connectivity index (χ1v) is 11.2. The molecule has 0 heterocycles. The molecular formula is C19H40NO3P. The quantitative estimate of drug-likeness (QED) is 0.221. The number of carboxylic acid groups (broad SMARTS) is 1. The van der Waals surface area contributed by atoms with Crippen LogP contribution < -0.4 is 5.09 Å². The Bertz CT molecular complexity index is 277. The molecule has 2 unspecified atom stereocenters. The molecular weight excluding hydrogens is 321 g/mol. The van der Waals surface area contributed by atoms with Crippen LogP contribution >= 0.6 is 8.73 Å². The van der Waals surface area contributed by atoms with E-state index in [-0.39, 0.29) is 6.61 Å². The normalized spacial score (nSPS) is 12.9. The molecule has 144 valence electrons. The van der Waals surface area contributed by atoms with Crippen molar-refractivity contribution >= 4 is 14.7 Å². The van der Waals surface area contributed by atoms with Gasteiger partial charge < -0.3 is 10.2 Å². The fraction of sp³-hybridized carbons (Fsp3) is 0.947. The van der Waals surface area contributed by atoms with Crippen LogP contribution in [0, 0.1) is 0 Å². The lowest BCUT2D eigenvalue weighted by Crippen LogP contribution is -2.35. The van der Waals surface area contributed by atoms with Crippen LogP contribution in [0.2, 0.25) is 0 Å². The molecule has 0 aliphatic carbocycles. The number of unbranched alkanes of at least 4 members (excludes halogenated alkanes) is 13. The Balaban J connectivity index is 3.11. The SMILES string of the molecule is CCCCCCCCCCCCCCCCPNC(CO)C(=O)O. The Hall–Kier alpha value is -0.180. The lowest BCUT2D eigenvalue weighted by Gasteiger charge is -2.10. The zero-order valence-corrected chi connectivity index (χ0v) is 16.7. The van der Waals surface area contributed by atoms with Crippen molar-refractivity contribution in [2.24, 2.45) is 0 Å². The highest BCUT2D eigenvalue weighted by molar-refractivity contribution is 7.35. The summed E-state index contributed by atoms with van der Waals surface area (Å²) in [4.78, 5) is 10.7. The number of hydrogen-bond donors (Lipinski definition) is 3. The van der Waals surface area contributed by atoms with Gasteiger partial charge in [-0.1, -0.05) is 99.1 Å². The maximum absolute atomic E-state index is 10.7. The molecule has 0 rings (SSSR count). The third-order valence-electron chi connectivity index (χ3n) is 4.41. The molecule has 0 amide bonds. The second kappa shape index (κ2) is 19.1. The number of carboxylic acids is 1. The second-order valence-corrected chi connectivity index (χ2v) is 7.88. The molecule has 4 nitrogen and oxygen atoms in total. The van der Waals surface area contributed by atoms with Crippen LogP contribution in [-0.2, 0) is 4.79 Å². The first-order valence-electron chi connectivity index (χ1n) is 10.0. The third-order valence-corrected chi connectivity index (χ3v) is 5.57. The molecule has 0 aromatic heterocycles. The maximum atomic E-state index is 10.7. The first kappa shape index (κ1) is 23.8. The lowest BCUT2D eigenvalue weighted by atomic mass is 10.0. The molecule has 0 aromatic carbocycles. The van der Waals surface area contributed by atoms with Crippen LogP contribution in [-0.4, -0.2) is 35.0 Å². The summed E-state index contributed by atoms with van der Waals surface area (Å²) in [6.07, 6.45) is 20.0. The standard InChI is InChI=1S/C19H40NO3P/c1-2-3-4-5-6-7-8-9-10-11-12-13-14-15-16-24-20-18(17-21)19(22)23/h18,20-21,24H,2-17H2,1H3,(H,22,23). The van der Waals surface area contributed by atoms with Crippen molar-refractivity contribution in [3.63, 3.8) is 0 Å². The summed E-state index contributed by atoms with van der Waals surface area (Å²) in [6.45, 7) is 1.93. The summed E-state index contributed by atoms with van der Waals surface area (Å²) >= 11 is 0. The highest BCUT2D eigenvalue weighted by Gasteiger charge is 2.13. The summed E-state index contributed by atoms with van der Waals surface area (Å²) in [5.41, 5.74) is 0. The molecule has 2 atom stereocenters. The van der Waals surface area contributed by atoms with Crippen LogP contribution in [0.5, 0.6) is 0 Å². The van der Waals surface area contributed by atoms with Crippen molar-refractivity contribution in [1.29, 1.82) is 0 Å². The topological polar surface area (TPSA) is 69.6 Å². The fourth-order valence-electron chi connectivity index (χ4n) is 2.79. The molecule has 0 saturated heterocycles. The molecule has 24 heavy (non-hydrogen) atoms. The fourth-order valence-corrected chi connectivity index (χ4v) is 3.82. The van der Waals surface area contributed by atoms with Crippen molar-refractivity contribution < 1.29 is 15.0 Å². The predicted octanol–water partition coefficient (Wildman–Crippen LogP) is 5.10. The molecule has 0 spiro atoms. The number of aliphatic hydroxyl groups is 1. The van der Waals surface area contributed by atoms with E-state index in [2.05, 4.69) is 12.0 Å². The van der Waals surface area contributed by atoms with Gasteiger partial charge in [-0.2, -0.15) is 0 Å². The highest BCUT2D eigenvalue weighted by atomic mass is 31.1. The summed E-state index contributed by atoms with van der Waals surface area (Å²) in [5, 5.41) is 20.6. The smallest absolute Gasteiger partial charge is 0.323 e. The van der Waals surface area contributed by atoms with E-state index in [1.165, 1.54) is 83.5 Å². The molecule has 5 heteroatoms. The van der Waals surface area contributed by atoms with Crippen molar-refractivity contribution in [3.8, 4) is 0 Å². The summed E-state index contributed by atoms with van der Waals surface area (Å²) < 4.78 is 0. The zero-order valence-electron chi connectivity index (χ0n) is 15.7. The van der Waals surface area contributed by atoms with Crippen LogP contribution in [0.25, 0.3) is 0 Å². The van der Waals surface area contributed by atoms with Gasteiger partial charge >= 0.3 is 5.97 Å². The Morgan fingerprint density at radius 2 is 1.25 bits per heavy atom. The summed E-state index contributed by atoms with van der Waals surface area (Å²) in [5.74, 6) is -0.967. The molecule has 0 aliphatic rings. The Morgan fingerprint density at radius 3 is 1.62 bits per heavy atom. The van der Waals surface area contributed by atoms with E-state index in [0.717, 1.165) is 12.6 Å². The third kappa shape index (κ3) is 16.7. The molecule has 0 saturated carbocycles. The van der Waals surface area contributed by atoms with Gasteiger partial charge in [-0.3, -0.25) is 9.88 Å². The van der Waals surface area contributed by atoms with E-state index in [0.29, 0.717) is 8.73 Å². The van der Waals surface area contributed by atoms with E-state index in [4.69, 9.17) is 10.2 Å². The lowest BCUT2D eigenvalue weighted by molar-refractivity contribution is -0.139. The summed E-state index contributed by atoms with van der Waals surface area (Å²) in [6, 6.07) is -0.796. The molecule has 0 fully saturated rings. The largest absolute Gasteiger partial charge is 0.480 e. The van der Waals surface area contributed by atoms with E-state index >= 15 is 0 Å². The van der Waals surface area contributed by atoms with Crippen molar-refractivity contribution in [2.75, 3.05) is 12.8 Å². The predicted molar refractivity (Wildman–Crippen MR) is 105 cm³/mol. The van der Waals surface area contributed by atoms with Gasteiger partial charge in [-0.05, 0) is 12.6 Å². The van der Waals surface area contributed by atoms with Crippen LogP contribution in [0.3, 0.4) is 0 Å². The molecule has 0 aromatic rings. The Morgan fingerprint density at radius 1 is 0.833 bits per heavy atom. The Kier molecular flexibility index (Phi) is 19.0. The number of nitrogens with one attached hydrogen (secondary N) is 1. The molecule has 3 N–H and O–H groups in total. The van der Waals surface area contributed by atoms with Gasteiger partial charge in [-0.25, -0.2) is 0 Å². The maximum Gasteiger partial charge on any atom is 0.323 e. The monoisotopic (exact) mass is 361 g/mol. The van der Waals surface area contributed by atoms with E-state index in [1.807, 2.05) is 0 Å². The molecule has 0 radical (unpaired) electrons. The number of aliphatic hydroxyl groups excluding tert-OH is 1. The average molecular weight is 362 g/mol. The van der Waals surface area contributed by atoms with Crippen LogP contribution in [0.4, 0.5) is 0 Å². The van der Waals surface area contributed by atoms with Gasteiger partial charge in [0.2, 0.25) is 0 Å². The minimum absolute atomic E-state index is 0.332. The number of aliphatic carboxylic acids is 1. The average Bonchev–Trinajstić information content (AvgIpc) is 2.57. The first-order chi connectivity index (χ1) is 11.7. The van der Waals surface area contributed by atoms with Gasteiger partial charge in [0.05, 0.1) is 6.61 Å². The van der Waals surface area contributed by atoms with Gasteiger partial charge in [0, 0.05) is 0 Å². The van der Waals surface area contributed by atoms with E-state index in [9.17, 15) is 4.79 Å². The zero-order chi connectivity index (χ0) is 17.9. The summed E-state index contributed by atoms with van der Waals surface area (Å²) in [7, 11) is 0.433. The second-order valence-electron chi connectivity index (χ2n) is 6.74. The minimum atomic E-state index is -0.967. The Labute approximate surface area is 151 Å². The van der Waals surface area contributed by atoms with Crippen molar-refractivity contribution in [2.45, 2.75) is 103 Å². The molecule has 0 aliphatic heterocycles. The number of carbonyl (C=O) groups is 1.